The molecule has 0 aromatic rings. The third-order valence-corrected chi connectivity index (χ3v) is 17.8. The monoisotopic (exact) mass is 304 g/mol. The number of hydrogen-bond acceptors (Lipinski definition) is 3. The van der Waals surface area contributed by atoms with Crippen molar-refractivity contribution in [1.29, 1.82) is 0 Å². The van der Waals surface area contributed by atoms with Crippen molar-refractivity contribution in [2.75, 3.05) is 18.1 Å². The Kier molecular flexibility index (Phi) is 4.53. The van der Waals surface area contributed by atoms with Crippen LogP contribution in [-0.4, -0.2) is 36.0 Å². The minimum Gasteiger partial charge on any atom is -0.378 e. The van der Waals surface area contributed by atoms with Gasteiger partial charge in [-0.1, -0.05) is 33.9 Å². The van der Waals surface area contributed by atoms with Crippen LogP contribution < -0.4 is 0 Å². The molecule has 0 spiro atoms. The van der Waals surface area contributed by atoms with Crippen molar-refractivity contribution < 1.29 is 4.74 Å². The van der Waals surface area contributed by atoms with Crippen molar-refractivity contribution in [1.82, 2.24) is 0 Å². The second kappa shape index (κ2) is 5.34. The fourth-order valence-electron chi connectivity index (χ4n) is 2.63. The summed E-state index contributed by atoms with van der Waals surface area (Å²) in [5.74, 6) is 2.71. The highest BCUT2D eigenvalue weighted by molar-refractivity contribution is 8.21. The minimum absolute atomic E-state index is 0.466. The van der Waals surface area contributed by atoms with Crippen LogP contribution in [0, 0.1) is 0 Å². The number of rotatable bonds is 3. The Labute approximate surface area is 122 Å². The zero-order valence-electron chi connectivity index (χ0n) is 12.5. The van der Waals surface area contributed by atoms with Gasteiger partial charge in [-0.05, 0) is 35.8 Å². The van der Waals surface area contributed by atoms with Crippen LogP contribution in [-0.2, 0) is 4.74 Å². The smallest absolute Gasteiger partial charge is 0.0836 e. The van der Waals surface area contributed by atoms with Gasteiger partial charge >= 0.3 is 0 Å². The molecule has 0 radical (unpaired) electrons. The Morgan fingerprint density at radius 3 is 2.17 bits per heavy atom. The summed E-state index contributed by atoms with van der Waals surface area (Å²) in [6.07, 6.45) is 4.52. The predicted octanol–water partition coefficient (Wildman–Crippen LogP) is 4.78. The first kappa shape index (κ1) is 15.3. The van der Waals surface area contributed by atoms with Gasteiger partial charge in [0.1, 0.15) is 0 Å². The molecule has 0 aromatic carbocycles. The van der Waals surface area contributed by atoms with Gasteiger partial charge in [0.25, 0.3) is 0 Å². The molecule has 2 aliphatic heterocycles. The quantitative estimate of drug-likeness (QED) is 0.694. The Morgan fingerprint density at radius 2 is 1.78 bits per heavy atom. The zero-order valence-corrected chi connectivity index (χ0v) is 15.2. The molecule has 2 aliphatic rings. The number of ether oxygens (including phenoxy) is 1. The van der Waals surface area contributed by atoms with Crippen LogP contribution in [0.25, 0.3) is 0 Å². The van der Waals surface area contributed by atoms with E-state index in [0.717, 1.165) is 6.61 Å². The van der Waals surface area contributed by atoms with E-state index in [-0.39, 0.29) is 0 Å². The van der Waals surface area contributed by atoms with Gasteiger partial charge in [-0.25, -0.2) is 0 Å². The minimum atomic E-state index is -1.35. The maximum atomic E-state index is 5.76. The summed E-state index contributed by atoms with van der Waals surface area (Å²) in [6, 6.07) is 0. The summed E-state index contributed by atoms with van der Waals surface area (Å²) in [4.78, 5) is 0. The average Bonchev–Trinajstić information content (AvgIpc) is 2.23. The number of thioether (sulfide) groups is 2. The van der Waals surface area contributed by atoms with Crippen LogP contribution in [0.1, 0.15) is 40.0 Å². The fraction of sp³-hybridized carbons (Fsp3) is 1.00. The molecule has 2 fully saturated rings. The second-order valence-corrected chi connectivity index (χ2v) is 16.5. The molecule has 0 aromatic heterocycles. The van der Waals surface area contributed by atoms with E-state index in [0.29, 0.717) is 14.8 Å². The maximum Gasteiger partial charge on any atom is 0.0836 e. The van der Waals surface area contributed by atoms with E-state index in [2.05, 4.69) is 57.4 Å². The maximum absolute atomic E-state index is 5.76. The summed E-state index contributed by atoms with van der Waals surface area (Å²) in [6.45, 7) is 13.6. The lowest BCUT2D eigenvalue weighted by Gasteiger charge is -2.55. The SMILES string of the molecule is CC(C)(C)[Si](C)(C)C1(CC2CCO2)SCCCS1. The third-order valence-electron chi connectivity index (χ3n) is 5.08. The summed E-state index contributed by atoms with van der Waals surface area (Å²) >= 11 is 4.53. The normalized spacial score (nSPS) is 28.8. The van der Waals surface area contributed by atoms with Gasteiger partial charge in [-0.15, -0.1) is 23.5 Å². The Balaban J connectivity index is 2.22. The largest absolute Gasteiger partial charge is 0.378 e. The molecule has 4 heteroatoms. The van der Waals surface area contributed by atoms with Gasteiger partial charge in [0.05, 0.1) is 17.9 Å². The molecule has 2 rings (SSSR count). The predicted molar refractivity (Wildman–Crippen MR) is 88.4 cm³/mol. The molecule has 18 heavy (non-hydrogen) atoms. The van der Waals surface area contributed by atoms with Gasteiger partial charge in [-0.3, -0.25) is 0 Å². The topological polar surface area (TPSA) is 9.23 Å². The van der Waals surface area contributed by atoms with Crippen LogP contribution >= 0.6 is 23.5 Å². The summed E-state index contributed by atoms with van der Waals surface area (Å²) in [5.41, 5.74) is 0. The van der Waals surface area contributed by atoms with E-state index in [1.54, 1.807) is 0 Å². The highest BCUT2D eigenvalue weighted by Crippen LogP contribution is 2.58. The lowest BCUT2D eigenvalue weighted by molar-refractivity contribution is -0.0536. The molecule has 0 amide bonds. The van der Waals surface area contributed by atoms with Crippen molar-refractivity contribution in [2.45, 2.75) is 68.0 Å². The fourth-order valence-corrected chi connectivity index (χ4v) is 12.7. The first-order valence-corrected chi connectivity index (χ1v) is 12.2. The molecule has 0 bridgehead atoms. The molecule has 0 aliphatic carbocycles. The van der Waals surface area contributed by atoms with Crippen LogP contribution in [0.4, 0.5) is 0 Å². The molecule has 1 unspecified atom stereocenters. The molecule has 0 saturated carbocycles. The standard InChI is InChI=1S/C14H28OS2Si/c1-13(2,3)18(4,5)14(11-12-7-8-15-12)16-9-6-10-17-14/h12H,6-11H2,1-5H3. The van der Waals surface area contributed by atoms with E-state index < -0.39 is 8.07 Å². The van der Waals surface area contributed by atoms with Gasteiger partial charge in [0, 0.05) is 6.61 Å². The van der Waals surface area contributed by atoms with Crippen LogP contribution in [0.5, 0.6) is 0 Å². The van der Waals surface area contributed by atoms with Crippen molar-refractivity contribution in [2.24, 2.45) is 0 Å². The van der Waals surface area contributed by atoms with Crippen molar-refractivity contribution in [3.05, 3.63) is 0 Å². The van der Waals surface area contributed by atoms with E-state index in [4.69, 9.17) is 4.74 Å². The molecule has 2 heterocycles. The number of hydrogen-bond donors (Lipinski definition) is 0. The molecule has 0 N–H and O–H groups in total. The lowest BCUT2D eigenvalue weighted by Crippen LogP contribution is -2.59. The van der Waals surface area contributed by atoms with E-state index in [9.17, 15) is 0 Å². The molecular formula is C14H28OS2Si. The highest BCUT2D eigenvalue weighted by atomic mass is 32.2. The van der Waals surface area contributed by atoms with Crippen LogP contribution in [0.3, 0.4) is 0 Å². The molecule has 1 atom stereocenters. The van der Waals surface area contributed by atoms with Gasteiger partial charge in [0.15, 0.2) is 0 Å². The summed E-state index contributed by atoms with van der Waals surface area (Å²) in [7, 11) is -1.35. The van der Waals surface area contributed by atoms with Crippen molar-refractivity contribution in [3.8, 4) is 0 Å². The highest BCUT2D eigenvalue weighted by Gasteiger charge is 2.55. The Hall–Kier alpha value is 0.877. The van der Waals surface area contributed by atoms with E-state index in [1.807, 2.05) is 0 Å². The summed E-state index contributed by atoms with van der Waals surface area (Å²) < 4.78 is 6.24. The first-order valence-electron chi connectivity index (χ1n) is 7.18. The first-order chi connectivity index (χ1) is 8.29. The van der Waals surface area contributed by atoms with Crippen molar-refractivity contribution >= 4 is 31.6 Å². The Bertz CT molecular complexity index is 289. The zero-order chi connectivity index (χ0) is 13.4. The lowest BCUT2D eigenvalue weighted by atomic mass is 10.1. The van der Waals surface area contributed by atoms with E-state index >= 15 is 0 Å². The van der Waals surface area contributed by atoms with E-state index in [1.165, 1.54) is 30.8 Å². The van der Waals surface area contributed by atoms with Crippen LogP contribution in [0.15, 0.2) is 0 Å². The average molecular weight is 305 g/mol. The third kappa shape index (κ3) is 2.68. The molecule has 2 saturated heterocycles. The Morgan fingerprint density at radius 1 is 1.22 bits per heavy atom. The van der Waals surface area contributed by atoms with Gasteiger partial charge in [-0.2, -0.15) is 0 Å². The molecule has 106 valence electrons. The summed E-state index contributed by atoms with van der Waals surface area (Å²) in [5, 5.41) is 0.466. The molecular weight excluding hydrogens is 276 g/mol. The van der Waals surface area contributed by atoms with Crippen LogP contribution in [0.2, 0.25) is 18.1 Å². The van der Waals surface area contributed by atoms with Gasteiger partial charge < -0.3 is 4.74 Å². The van der Waals surface area contributed by atoms with Crippen molar-refractivity contribution in [3.63, 3.8) is 0 Å². The second-order valence-electron chi connectivity index (χ2n) is 7.16. The molecule has 1 nitrogen and oxygen atoms in total. The van der Waals surface area contributed by atoms with Gasteiger partial charge in [0.2, 0.25) is 0 Å².